The van der Waals surface area contributed by atoms with Gasteiger partial charge < -0.3 is 4.74 Å². The SMILES string of the molecule is CC(=O)O[C@H]1CC[C@@]2(C)C(CC[C@]3(C)[C@@H]2CC=C2[C@@H]4CC(C)(C(=O)Cl)CC[C@]4(C)CC[C@]23C)C1(C)C. The standard InChI is InChI=1S/C32H49ClO3/c1-20(34)36-25-12-13-30(6)23(27(25,2)3)11-14-32(8)24(30)10-9-21-22-19-29(5,26(33)35)16-15-28(22,4)17-18-31(21,32)7/h9,22-25H,10-19H2,1-8H3/t22-,23?,24+,25-,28+,29?,30-,31+,32+/m0/s1. The van der Waals surface area contributed by atoms with Crippen LogP contribution in [0.25, 0.3) is 0 Å². The molecule has 3 nitrogen and oxygen atoms in total. The van der Waals surface area contributed by atoms with Gasteiger partial charge in [0.25, 0.3) is 0 Å². The average molecular weight is 517 g/mol. The Morgan fingerprint density at radius 1 is 0.889 bits per heavy atom. The van der Waals surface area contributed by atoms with Crippen LogP contribution in [0.5, 0.6) is 0 Å². The molecule has 4 fully saturated rings. The van der Waals surface area contributed by atoms with Crippen LogP contribution in [0, 0.1) is 50.2 Å². The molecule has 0 radical (unpaired) electrons. The molecule has 5 rings (SSSR count). The molecule has 0 saturated heterocycles. The Balaban J connectivity index is 1.53. The number of rotatable bonds is 2. The van der Waals surface area contributed by atoms with Crippen molar-refractivity contribution in [2.24, 2.45) is 50.2 Å². The highest BCUT2D eigenvalue weighted by Gasteiger charge is 2.68. The topological polar surface area (TPSA) is 43.4 Å². The lowest BCUT2D eigenvalue weighted by atomic mass is 9.33. The maximum absolute atomic E-state index is 12.5. The highest BCUT2D eigenvalue weighted by molar-refractivity contribution is 6.64. The quantitative estimate of drug-likeness (QED) is 0.210. The zero-order valence-corrected chi connectivity index (χ0v) is 24.8. The van der Waals surface area contributed by atoms with Gasteiger partial charge in [-0.05, 0) is 115 Å². The second-order valence-electron chi connectivity index (χ2n) is 15.5. The molecule has 36 heavy (non-hydrogen) atoms. The van der Waals surface area contributed by atoms with E-state index in [1.54, 1.807) is 12.5 Å². The fourth-order valence-electron chi connectivity index (χ4n) is 10.9. The molecule has 0 aromatic carbocycles. The summed E-state index contributed by atoms with van der Waals surface area (Å²) in [4.78, 5) is 24.4. The molecule has 0 amide bonds. The van der Waals surface area contributed by atoms with Crippen LogP contribution < -0.4 is 0 Å². The molecule has 4 heteroatoms. The molecule has 2 unspecified atom stereocenters. The van der Waals surface area contributed by atoms with Gasteiger partial charge >= 0.3 is 5.97 Å². The van der Waals surface area contributed by atoms with E-state index in [0.29, 0.717) is 17.8 Å². The van der Waals surface area contributed by atoms with Gasteiger partial charge in [-0.3, -0.25) is 9.59 Å². The third kappa shape index (κ3) is 3.42. The molecule has 202 valence electrons. The van der Waals surface area contributed by atoms with Crippen LogP contribution in [0.1, 0.15) is 120 Å². The Hall–Kier alpha value is -0.830. The molecule has 0 aromatic rings. The van der Waals surface area contributed by atoms with E-state index in [4.69, 9.17) is 16.3 Å². The summed E-state index contributed by atoms with van der Waals surface area (Å²) >= 11 is 6.20. The molecule has 0 heterocycles. The van der Waals surface area contributed by atoms with Crippen molar-refractivity contribution in [2.75, 3.05) is 0 Å². The smallest absolute Gasteiger partial charge is 0.302 e. The minimum atomic E-state index is -0.397. The molecule has 0 N–H and O–H groups in total. The molecule has 0 aromatic heterocycles. The molecule has 5 aliphatic rings. The van der Waals surface area contributed by atoms with Crippen LogP contribution in [0.3, 0.4) is 0 Å². The largest absolute Gasteiger partial charge is 0.462 e. The number of fused-ring (bicyclic) bond motifs is 7. The van der Waals surface area contributed by atoms with Crippen molar-refractivity contribution in [3.05, 3.63) is 11.6 Å². The van der Waals surface area contributed by atoms with E-state index in [0.717, 1.165) is 38.5 Å². The van der Waals surface area contributed by atoms with Gasteiger partial charge in [-0.25, -0.2) is 0 Å². The molecule has 9 atom stereocenters. The second kappa shape index (κ2) is 8.09. The summed E-state index contributed by atoms with van der Waals surface area (Å²) in [6.45, 7) is 18.6. The van der Waals surface area contributed by atoms with E-state index in [9.17, 15) is 9.59 Å². The first-order valence-electron chi connectivity index (χ1n) is 14.6. The van der Waals surface area contributed by atoms with Gasteiger partial charge in [-0.15, -0.1) is 0 Å². The van der Waals surface area contributed by atoms with Crippen LogP contribution in [-0.4, -0.2) is 17.3 Å². The zero-order valence-electron chi connectivity index (χ0n) is 24.1. The van der Waals surface area contributed by atoms with E-state index >= 15 is 0 Å². The molecule has 4 saturated carbocycles. The Morgan fingerprint density at radius 2 is 1.56 bits per heavy atom. The van der Waals surface area contributed by atoms with E-state index < -0.39 is 5.41 Å². The number of carbonyl (C=O) groups excluding carboxylic acids is 2. The minimum absolute atomic E-state index is 0.0120. The second-order valence-corrected chi connectivity index (χ2v) is 15.8. The van der Waals surface area contributed by atoms with E-state index in [1.165, 1.54) is 25.7 Å². The predicted molar refractivity (Wildman–Crippen MR) is 145 cm³/mol. The Labute approximate surface area is 224 Å². The number of carbonyl (C=O) groups is 2. The third-order valence-electron chi connectivity index (χ3n) is 13.6. The van der Waals surface area contributed by atoms with Crippen LogP contribution in [-0.2, 0) is 14.3 Å². The van der Waals surface area contributed by atoms with Gasteiger partial charge in [-0.1, -0.05) is 60.1 Å². The molecule has 0 aliphatic heterocycles. The normalized spacial score (nSPS) is 51.5. The molecule has 0 bridgehead atoms. The first-order valence-corrected chi connectivity index (χ1v) is 15.0. The maximum atomic E-state index is 12.5. The zero-order chi connectivity index (χ0) is 26.5. The van der Waals surface area contributed by atoms with Gasteiger partial charge in [0, 0.05) is 17.8 Å². The van der Waals surface area contributed by atoms with Crippen LogP contribution >= 0.6 is 11.6 Å². The summed E-state index contributed by atoms with van der Waals surface area (Å²) in [6.07, 6.45) is 13.8. The number of hydrogen-bond acceptors (Lipinski definition) is 3. The minimum Gasteiger partial charge on any atom is -0.462 e. The van der Waals surface area contributed by atoms with Gasteiger partial charge in [0.2, 0.25) is 5.24 Å². The summed E-state index contributed by atoms with van der Waals surface area (Å²) in [5.41, 5.74) is 2.19. The molecule has 5 aliphatic carbocycles. The maximum Gasteiger partial charge on any atom is 0.302 e. The van der Waals surface area contributed by atoms with Crippen molar-refractivity contribution in [3.63, 3.8) is 0 Å². The highest BCUT2D eigenvalue weighted by Crippen LogP contribution is 2.75. The summed E-state index contributed by atoms with van der Waals surface area (Å²) in [5, 5.41) is -0.142. The van der Waals surface area contributed by atoms with Gasteiger partial charge in [0.15, 0.2) is 0 Å². The van der Waals surface area contributed by atoms with Crippen molar-refractivity contribution in [2.45, 2.75) is 126 Å². The predicted octanol–water partition coefficient (Wildman–Crippen LogP) is 8.49. The first kappa shape index (κ1) is 26.8. The lowest BCUT2D eigenvalue weighted by Crippen LogP contribution is -2.64. The lowest BCUT2D eigenvalue weighted by Gasteiger charge is -2.71. The third-order valence-corrected chi connectivity index (χ3v) is 14.0. The van der Waals surface area contributed by atoms with Crippen molar-refractivity contribution >= 4 is 22.8 Å². The molecular weight excluding hydrogens is 468 g/mol. The van der Waals surface area contributed by atoms with Gasteiger partial charge in [0.1, 0.15) is 6.10 Å². The number of allylic oxidation sites excluding steroid dienone is 2. The monoisotopic (exact) mass is 516 g/mol. The average Bonchev–Trinajstić information content (AvgIpc) is 2.77. The lowest BCUT2D eigenvalue weighted by molar-refractivity contribution is -0.211. The Morgan fingerprint density at radius 3 is 2.19 bits per heavy atom. The van der Waals surface area contributed by atoms with E-state index in [1.807, 2.05) is 0 Å². The number of halogens is 1. The van der Waals surface area contributed by atoms with Crippen molar-refractivity contribution < 1.29 is 14.3 Å². The Bertz CT molecular complexity index is 999. The van der Waals surface area contributed by atoms with Crippen LogP contribution in [0.4, 0.5) is 0 Å². The van der Waals surface area contributed by atoms with Gasteiger partial charge in [0.05, 0.1) is 0 Å². The summed E-state index contributed by atoms with van der Waals surface area (Å²) in [7, 11) is 0. The highest BCUT2D eigenvalue weighted by atomic mass is 35.5. The van der Waals surface area contributed by atoms with E-state index in [-0.39, 0.29) is 44.4 Å². The van der Waals surface area contributed by atoms with E-state index in [2.05, 4.69) is 54.5 Å². The first-order chi connectivity index (χ1) is 16.5. The summed E-state index contributed by atoms with van der Waals surface area (Å²) in [6, 6.07) is 0. The fraction of sp³-hybridized carbons (Fsp3) is 0.875. The summed E-state index contributed by atoms with van der Waals surface area (Å²) < 4.78 is 5.89. The van der Waals surface area contributed by atoms with Crippen LogP contribution in [0.15, 0.2) is 11.6 Å². The van der Waals surface area contributed by atoms with Crippen molar-refractivity contribution in [3.8, 4) is 0 Å². The molecular formula is C32H49ClO3. The van der Waals surface area contributed by atoms with Crippen LogP contribution in [0.2, 0.25) is 0 Å². The van der Waals surface area contributed by atoms with Gasteiger partial charge in [-0.2, -0.15) is 0 Å². The van der Waals surface area contributed by atoms with Crippen molar-refractivity contribution in [1.29, 1.82) is 0 Å². The Kier molecular flexibility index (Phi) is 6.01. The number of esters is 1. The molecule has 0 spiro atoms. The number of ether oxygens (including phenoxy) is 1. The summed E-state index contributed by atoms with van der Waals surface area (Å²) in [5.74, 6) is 1.50. The number of hydrogen-bond donors (Lipinski definition) is 0. The van der Waals surface area contributed by atoms with Crippen molar-refractivity contribution in [1.82, 2.24) is 0 Å². The fourth-order valence-corrected chi connectivity index (χ4v) is 11.1.